The van der Waals surface area contributed by atoms with E-state index in [2.05, 4.69) is 24.5 Å². The molecule has 19 heteroatoms. The van der Waals surface area contributed by atoms with Gasteiger partial charge >= 0.3 is 43.9 Å². The molecule has 81 heavy (non-hydrogen) atoms. The number of hydrogen-bond acceptors (Lipinski definition) is 15. The first-order valence-corrected chi connectivity index (χ1v) is 31.8. The van der Waals surface area contributed by atoms with Crippen molar-refractivity contribution >= 4 is 43.9 Å². The Balaban J connectivity index is 2.18. The van der Waals surface area contributed by atoms with Crippen molar-refractivity contribution in [3.8, 4) is 0 Å². The molecule has 18 nitrogen and oxygen atoms in total. The quantitative estimate of drug-likeness (QED) is 0.0242. The van der Waals surface area contributed by atoms with E-state index < -0.39 is 94.6 Å². The monoisotopic (exact) mass is 1160 g/mol. The minimum Gasteiger partial charge on any atom is -0.462 e. The third kappa shape index (κ3) is 39.2. The first-order chi connectivity index (χ1) is 39.0. The summed E-state index contributed by atoms with van der Waals surface area (Å²) >= 11 is 0. The summed E-state index contributed by atoms with van der Waals surface area (Å²) in [5.74, 6) is -3.29. The third-order valence-corrected chi connectivity index (χ3v) is 14.2. The highest BCUT2D eigenvalue weighted by Gasteiger charge is 2.33. The van der Waals surface area contributed by atoms with Gasteiger partial charge in [0.15, 0.2) is 12.2 Å². The fourth-order valence-corrected chi connectivity index (χ4v) is 9.49. The van der Waals surface area contributed by atoms with Gasteiger partial charge < -0.3 is 43.9 Å². The molecule has 2 unspecified atom stereocenters. The van der Waals surface area contributed by atoms with Gasteiger partial charge in [-0.25, -0.2) is 23.7 Å². The largest absolute Gasteiger partial charge is 0.472 e. The molecule has 2 amide bonds. The van der Waals surface area contributed by atoms with Gasteiger partial charge in [0, 0.05) is 12.8 Å². The van der Waals surface area contributed by atoms with Crippen LogP contribution in [0.15, 0.2) is 60.7 Å². The van der Waals surface area contributed by atoms with E-state index in [0.29, 0.717) is 18.4 Å². The van der Waals surface area contributed by atoms with E-state index in [1.165, 1.54) is 77.0 Å². The highest BCUT2D eigenvalue weighted by atomic mass is 31.2. The minimum atomic E-state index is -5.10. The lowest BCUT2D eigenvalue weighted by Gasteiger charge is -2.25. The summed E-state index contributed by atoms with van der Waals surface area (Å²) < 4.78 is 57.4. The van der Waals surface area contributed by atoms with E-state index in [-0.39, 0.29) is 50.7 Å². The molecule has 3 N–H and O–H groups in total. The Bertz CT molecular complexity index is 2040. The number of carbonyl (C=O) groups excluding carboxylic acids is 6. The lowest BCUT2D eigenvalue weighted by Crippen LogP contribution is -2.46. The maximum absolute atomic E-state index is 13.9. The highest BCUT2D eigenvalue weighted by molar-refractivity contribution is 7.47. The first kappa shape index (κ1) is 72.1. The summed E-state index contributed by atoms with van der Waals surface area (Å²) in [5.41, 5.74) is 1.43. The number of esters is 4. The van der Waals surface area contributed by atoms with Gasteiger partial charge in [0.25, 0.3) is 0 Å². The Morgan fingerprint density at radius 1 is 0.444 bits per heavy atom. The number of alkyl carbamates (subject to hydrolysis) is 2. The van der Waals surface area contributed by atoms with Crippen molar-refractivity contribution in [3.05, 3.63) is 71.8 Å². The zero-order chi connectivity index (χ0) is 59.4. The van der Waals surface area contributed by atoms with Crippen LogP contribution in [0.4, 0.5) is 9.59 Å². The second kappa shape index (κ2) is 45.5. The molecule has 0 aliphatic rings. The van der Waals surface area contributed by atoms with Crippen LogP contribution in [0.25, 0.3) is 0 Å². The Kier molecular flexibility index (Phi) is 40.5. The molecule has 0 bridgehead atoms. The number of benzene rings is 2. The molecular weight excluding hydrogens is 1060 g/mol. The Morgan fingerprint density at radius 3 is 1.21 bits per heavy atom. The summed E-state index contributed by atoms with van der Waals surface area (Å²) in [4.78, 5) is 90.4. The lowest BCUT2D eigenvalue weighted by molar-refractivity contribution is -0.164. The van der Waals surface area contributed by atoms with Crippen molar-refractivity contribution in [2.45, 2.75) is 246 Å². The second-order valence-corrected chi connectivity index (χ2v) is 23.3. The van der Waals surface area contributed by atoms with Crippen LogP contribution < -0.4 is 10.6 Å². The maximum atomic E-state index is 13.9. The van der Waals surface area contributed by atoms with Gasteiger partial charge in [0.1, 0.15) is 38.5 Å². The molecule has 0 saturated carbocycles. The summed E-state index contributed by atoms with van der Waals surface area (Å²) in [5, 5.41) is 5.06. The molecule has 460 valence electrons. The Morgan fingerprint density at radius 2 is 0.802 bits per heavy atom. The Labute approximate surface area is 484 Å². The average Bonchev–Trinajstić information content (AvgIpc) is 3.44. The van der Waals surface area contributed by atoms with E-state index in [1.807, 2.05) is 39.8 Å². The van der Waals surface area contributed by atoms with Crippen LogP contribution in [0, 0.1) is 11.8 Å². The number of carbonyl (C=O) groups is 6. The zero-order valence-electron chi connectivity index (χ0n) is 49.9. The molecule has 2 aromatic rings. The van der Waals surface area contributed by atoms with Crippen molar-refractivity contribution < 1.29 is 75.7 Å². The zero-order valence-corrected chi connectivity index (χ0v) is 50.8. The minimum absolute atomic E-state index is 0.0621. The smallest absolute Gasteiger partial charge is 0.462 e. The van der Waals surface area contributed by atoms with Gasteiger partial charge in [0.05, 0.1) is 13.2 Å². The van der Waals surface area contributed by atoms with Crippen LogP contribution in [-0.2, 0) is 74.4 Å². The number of hydrogen-bond donors (Lipinski definition) is 3. The van der Waals surface area contributed by atoms with Gasteiger partial charge in [-0.3, -0.25) is 18.6 Å². The number of unbranched alkanes of at least 4 members (excludes halogenated alkanes) is 20. The molecule has 0 aliphatic heterocycles. The molecule has 0 aliphatic carbocycles. The normalized spacial score (nSPS) is 13.5. The number of nitrogens with one attached hydrogen (secondary N) is 2. The number of amides is 2. The molecule has 0 radical (unpaired) electrons. The number of phosphoric ester groups is 1. The van der Waals surface area contributed by atoms with E-state index in [9.17, 15) is 38.2 Å². The van der Waals surface area contributed by atoms with E-state index in [1.54, 1.807) is 48.5 Å². The van der Waals surface area contributed by atoms with Crippen molar-refractivity contribution in [2.75, 3.05) is 26.4 Å². The molecule has 0 aromatic heterocycles. The molecule has 0 saturated heterocycles. The first-order valence-electron chi connectivity index (χ1n) is 30.3. The number of rotatable bonds is 48. The topological polar surface area (TPSA) is 238 Å². The fourth-order valence-electron chi connectivity index (χ4n) is 8.70. The second-order valence-electron chi connectivity index (χ2n) is 21.9. The van der Waals surface area contributed by atoms with E-state index in [4.69, 9.17) is 37.5 Å². The summed E-state index contributed by atoms with van der Waals surface area (Å²) in [6.07, 6.45) is 20.1. The molecule has 5 atom stereocenters. The van der Waals surface area contributed by atoms with E-state index in [0.717, 1.165) is 56.9 Å². The molecule has 0 heterocycles. The van der Waals surface area contributed by atoms with Crippen molar-refractivity contribution in [3.63, 3.8) is 0 Å². The SMILES string of the molecule is CCCCCCCCCCCCCC(=O)OC[C@H](COP(=O)(O)OCC(COC(=O)[C@H](CC(C)C)NC(=O)OCc1ccccc1)OC(=O)[C@H](CC(C)C)NC(=O)OCc1ccccc1)OC(=O)CCCCCCCCCCCCC. The predicted octanol–water partition coefficient (Wildman–Crippen LogP) is 14.1. The van der Waals surface area contributed by atoms with Crippen molar-refractivity contribution in [1.82, 2.24) is 10.6 Å². The van der Waals surface area contributed by atoms with Crippen LogP contribution in [0.2, 0.25) is 0 Å². The van der Waals surface area contributed by atoms with Crippen molar-refractivity contribution in [2.24, 2.45) is 11.8 Å². The fraction of sp³-hybridized carbons (Fsp3) is 0.710. The molecule has 0 fully saturated rings. The van der Waals surface area contributed by atoms with Gasteiger partial charge in [-0.15, -0.1) is 0 Å². The lowest BCUT2D eigenvalue weighted by atomic mass is 10.0. The average molecular weight is 1160 g/mol. The number of phosphoric acid groups is 1. The highest BCUT2D eigenvalue weighted by Crippen LogP contribution is 2.43. The molecule has 2 aromatic carbocycles. The summed E-state index contributed by atoms with van der Waals surface area (Å²) in [6, 6.07) is 15.4. The van der Waals surface area contributed by atoms with Gasteiger partial charge in [0.2, 0.25) is 0 Å². The van der Waals surface area contributed by atoms with Crippen LogP contribution in [-0.4, -0.2) is 91.7 Å². The van der Waals surface area contributed by atoms with Crippen LogP contribution >= 0.6 is 7.82 Å². The standard InChI is InChI=1S/C62H101N2O16P/c1-7-9-11-13-15-17-19-21-23-25-33-39-57(65)73-45-53(79-58(66)40-34-26-24-22-20-18-16-14-12-10-8-2)47-77-81(71,72)78-48-54(80-60(68)56(42-50(5)6)64-62(70)76-44-52-37-31-28-32-38-52)46-74-59(67)55(41-49(3)4)63-61(69)75-43-51-35-29-27-30-36-51/h27-32,35-38,49-50,53-56H,7-26,33-34,39-48H2,1-6H3,(H,63,69)(H,64,70)(H,71,72)/t53-,54?,55+,56+/m1/s1. The van der Waals surface area contributed by atoms with E-state index >= 15 is 0 Å². The number of ether oxygens (including phenoxy) is 6. The molecule has 2 rings (SSSR count). The maximum Gasteiger partial charge on any atom is 0.472 e. The third-order valence-electron chi connectivity index (χ3n) is 13.2. The van der Waals surface area contributed by atoms with Crippen molar-refractivity contribution in [1.29, 1.82) is 0 Å². The summed E-state index contributed by atoms with van der Waals surface area (Å²) in [6.45, 7) is 8.79. The predicted molar refractivity (Wildman–Crippen MR) is 312 cm³/mol. The van der Waals surface area contributed by atoms with Gasteiger partial charge in [-0.1, -0.05) is 231 Å². The molecular formula is C62H101N2O16P. The van der Waals surface area contributed by atoms with Crippen LogP contribution in [0.1, 0.15) is 220 Å². The Hall–Kier alpha value is -5.03. The van der Waals surface area contributed by atoms with Crippen LogP contribution in [0.3, 0.4) is 0 Å². The van der Waals surface area contributed by atoms with Crippen LogP contribution in [0.5, 0.6) is 0 Å². The van der Waals surface area contributed by atoms with Gasteiger partial charge in [-0.2, -0.15) is 0 Å². The van der Waals surface area contributed by atoms with Gasteiger partial charge in [-0.05, 0) is 48.6 Å². The molecule has 0 spiro atoms. The summed E-state index contributed by atoms with van der Waals surface area (Å²) in [7, 11) is -5.10.